The van der Waals surface area contributed by atoms with Crippen LogP contribution >= 0.6 is 11.6 Å². The maximum absolute atomic E-state index is 13.0. The van der Waals surface area contributed by atoms with Gasteiger partial charge < -0.3 is 5.73 Å². The lowest BCUT2D eigenvalue weighted by Gasteiger charge is -2.02. The van der Waals surface area contributed by atoms with Gasteiger partial charge in [-0.2, -0.15) is 5.10 Å². The Kier molecular flexibility index (Phi) is 3.34. The maximum atomic E-state index is 13.0. The predicted molar refractivity (Wildman–Crippen MR) is 67.1 cm³/mol. The second-order valence-electron chi connectivity index (χ2n) is 3.92. The fraction of sp³-hybridized carbons (Fsp3) is 0.167. The summed E-state index contributed by atoms with van der Waals surface area (Å²) in [6.07, 6.45) is 1.53. The summed E-state index contributed by atoms with van der Waals surface area (Å²) in [5, 5.41) is 3.89. The highest BCUT2D eigenvalue weighted by atomic mass is 35.5. The van der Waals surface area contributed by atoms with E-state index in [1.54, 1.807) is 7.05 Å². The second-order valence-corrected chi connectivity index (χ2v) is 4.32. The molecule has 1 aromatic heterocycles. The van der Waals surface area contributed by atoms with Crippen molar-refractivity contribution >= 4 is 23.2 Å². The Bertz CT molecular complexity index is 609. The number of ketones is 1. The van der Waals surface area contributed by atoms with Crippen molar-refractivity contribution in [3.63, 3.8) is 0 Å². The molecule has 1 heterocycles. The molecule has 0 aliphatic heterocycles. The minimum Gasteiger partial charge on any atom is -0.383 e. The quantitative estimate of drug-likeness (QED) is 0.868. The van der Waals surface area contributed by atoms with Crippen LogP contribution in [-0.2, 0) is 13.5 Å². The summed E-state index contributed by atoms with van der Waals surface area (Å²) in [4.78, 5) is 12.0. The summed E-state index contributed by atoms with van der Waals surface area (Å²) in [6, 6.07) is 4.19. The molecule has 0 fully saturated rings. The van der Waals surface area contributed by atoms with E-state index in [1.165, 1.54) is 29.1 Å². The number of carbonyl (C=O) groups is 1. The highest BCUT2D eigenvalue weighted by Crippen LogP contribution is 2.18. The highest BCUT2D eigenvalue weighted by Gasteiger charge is 2.14. The third kappa shape index (κ3) is 2.36. The Morgan fingerprint density at radius 2 is 2.28 bits per heavy atom. The van der Waals surface area contributed by atoms with Crippen molar-refractivity contribution in [2.24, 2.45) is 7.05 Å². The lowest BCUT2D eigenvalue weighted by atomic mass is 10.1. The van der Waals surface area contributed by atoms with Crippen molar-refractivity contribution in [1.82, 2.24) is 9.78 Å². The Morgan fingerprint density at radius 1 is 1.56 bits per heavy atom. The van der Waals surface area contributed by atoms with Gasteiger partial charge in [0.2, 0.25) is 0 Å². The van der Waals surface area contributed by atoms with E-state index < -0.39 is 5.82 Å². The molecule has 18 heavy (non-hydrogen) atoms. The normalized spacial score (nSPS) is 10.6. The number of aryl methyl sites for hydroxylation is 1. The largest absolute Gasteiger partial charge is 0.383 e. The summed E-state index contributed by atoms with van der Waals surface area (Å²) in [7, 11) is 1.65. The first-order chi connectivity index (χ1) is 8.49. The SMILES string of the molecule is Cn1ncc(C(=O)Cc2ccc(F)c(Cl)c2)c1N. The summed E-state index contributed by atoms with van der Waals surface area (Å²) >= 11 is 5.65. The van der Waals surface area contributed by atoms with Gasteiger partial charge in [-0.1, -0.05) is 17.7 Å². The number of carbonyl (C=O) groups excluding carboxylic acids is 1. The van der Waals surface area contributed by atoms with Crippen molar-refractivity contribution in [3.8, 4) is 0 Å². The molecule has 0 saturated heterocycles. The first kappa shape index (κ1) is 12.6. The van der Waals surface area contributed by atoms with Gasteiger partial charge in [0.1, 0.15) is 11.6 Å². The van der Waals surface area contributed by atoms with Gasteiger partial charge in [-0.05, 0) is 17.7 Å². The zero-order chi connectivity index (χ0) is 13.3. The number of aromatic nitrogens is 2. The fourth-order valence-corrected chi connectivity index (χ4v) is 1.80. The molecule has 0 saturated carbocycles. The van der Waals surface area contributed by atoms with Gasteiger partial charge in [0, 0.05) is 13.5 Å². The minimum atomic E-state index is -0.506. The van der Waals surface area contributed by atoms with Gasteiger partial charge in [0.15, 0.2) is 5.78 Å². The molecule has 0 radical (unpaired) electrons. The van der Waals surface area contributed by atoms with E-state index in [-0.39, 0.29) is 17.2 Å². The average Bonchev–Trinajstić information content (AvgIpc) is 2.65. The molecule has 94 valence electrons. The van der Waals surface area contributed by atoms with Gasteiger partial charge in [-0.3, -0.25) is 9.48 Å². The third-order valence-corrected chi connectivity index (χ3v) is 2.92. The van der Waals surface area contributed by atoms with E-state index in [0.29, 0.717) is 16.9 Å². The van der Waals surface area contributed by atoms with Crippen LogP contribution in [0.4, 0.5) is 10.2 Å². The number of hydrogen-bond donors (Lipinski definition) is 1. The van der Waals surface area contributed by atoms with E-state index in [1.807, 2.05) is 0 Å². The van der Waals surface area contributed by atoms with E-state index >= 15 is 0 Å². The molecular weight excluding hydrogens is 257 g/mol. The number of halogens is 2. The van der Waals surface area contributed by atoms with Crippen LogP contribution in [-0.4, -0.2) is 15.6 Å². The van der Waals surface area contributed by atoms with Gasteiger partial charge in [-0.25, -0.2) is 4.39 Å². The van der Waals surface area contributed by atoms with Gasteiger partial charge >= 0.3 is 0 Å². The zero-order valence-electron chi connectivity index (χ0n) is 9.65. The molecule has 2 aromatic rings. The lowest BCUT2D eigenvalue weighted by Crippen LogP contribution is -2.07. The molecule has 1 aromatic carbocycles. The number of nitrogen functional groups attached to an aromatic ring is 1. The number of nitrogens with two attached hydrogens (primary N) is 1. The highest BCUT2D eigenvalue weighted by molar-refractivity contribution is 6.30. The Labute approximate surface area is 108 Å². The first-order valence-electron chi connectivity index (χ1n) is 5.23. The van der Waals surface area contributed by atoms with Crippen LogP contribution in [0.1, 0.15) is 15.9 Å². The third-order valence-electron chi connectivity index (χ3n) is 2.63. The van der Waals surface area contributed by atoms with E-state index in [2.05, 4.69) is 5.10 Å². The number of benzene rings is 1. The second kappa shape index (κ2) is 4.78. The fourth-order valence-electron chi connectivity index (χ4n) is 1.59. The van der Waals surface area contributed by atoms with Crippen molar-refractivity contribution in [2.45, 2.75) is 6.42 Å². The van der Waals surface area contributed by atoms with E-state index in [9.17, 15) is 9.18 Å². The molecule has 0 amide bonds. The van der Waals surface area contributed by atoms with Crippen molar-refractivity contribution < 1.29 is 9.18 Å². The molecule has 0 spiro atoms. The van der Waals surface area contributed by atoms with Crippen LogP contribution in [0.15, 0.2) is 24.4 Å². The standard InChI is InChI=1S/C12H11ClFN3O/c1-17-12(15)8(6-16-17)11(18)5-7-2-3-10(14)9(13)4-7/h2-4,6H,5,15H2,1H3. The zero-order valence-corrected chi connectivity index (χ0v) is 10.4. The monoisotopic (exact) mass is 267 g/mol. The molecule has 4 nitrogen and oxygen atoms in total. The molecular formula is C12H11ClFN3O. The average molecular weight is 268 g/mol. The Balaban J connectivity index is 2.21. The Hall–Kier alpha value is -1.88. The maximum Gasteiger partial charge on any atom is 0.172 e. The Morgan fingerprint density at radius 3 is 2.83 bits per heavy atom. The minimum absolute atomic E-state index is 0.000501. The lowest BCUT2D eigenvalue weighted by molar-refractivity contribution is 0.0994. The summed E-state index contributed by atoms with van der Waals surface area (Å²) in [5.41, 5.74) is 6.70. The molecule has 0 aliphatic carbocycles. The number of Topliss-reactive ketones (excluding diaryl/α,β-unsaturated/α-hetero) is 1. The molecule has 0 atom stereocenters. The topological polar surface area (TPSA) is 60.9 Å². The molecule has 0 bridgehead atoms. The molecule has 6 heteroatoms. The first-order valence-corrected chi connectivity index (χ1v) is 5.61. The van der Waals surface area contributed by atoms with E-state index in [0.717, 1.165) is 0 Å². The summed E-state index contributed by atoms with van der Waals surface area (Å²) in [5.74, 6) is -0.370. The molecule has 0 unspecified atom stereocenters. The van der Waals surface area contributed by atoms with Crippen molar-refractivity contribution in [2.75, 3.05) is 5.73 Å². The predicted octanol–water partition coefficient (Wildman–Crippen LogP) is 2.22. The number of rotatable bonds is 3. The van der Waals surface area contributed by atoms with Crippen LogP contribution in [0, 0.1) is 5.82 Å². The molecule has 2 N–H and O–H groups in total. The summed E-state index contributed by atoms with van der Waals surface area (Å²) < 4.78 is 14.4. The van der Waals surface area contributed by atoms with Crippen molar-refractivity contribution in [1.29, 1.82) is 0 Å². The van der Waals surface area contributed by atoms with Crippen LogP contribution in [0.5, 0.6) is 0 Å². The number of nitrogens with zero attached hydrogens (tertiary/aromatic N) is 2. The molecule has 0 aliphatic rings. The van der Waals surface area contributed by atoms with Gasteiger partial charge in [0.25, 0.3) is 0 Å². The summed E-state index contributed by atoms with van der Waals surface area (Å²) in [6.45, 7) is 0. The van der Waals surface area contributed by atoms with Crippen LogP contribution in [0.25, 0.3) is 0 Å². The van der Waals surface area contributed by atoms with Crippen molar-refractivity contribution in [3.05, 3.63) is 46.4 Å². The number of hydrogen-bond acceptors (Lipinski definition) is 3. The number of anilines is 1. The van der Waals surface area contributed by atoms with Crippen LogP contribution < -0.4 is 5.73 Å². The van der Waals surface area contributed by atoms with Gasteiger partial charge in [-0.15, -0.1) is 0 Å². The van der Waals surface area contributed by atoms with Gasteiger partial charge in [0.05, 0.1) is 16.8 Å². The molecule has 2 rings (SSSR count). The van der Waals surface area contributed by atoms with Crippen LogP contribution in [0.3, 0.4) is 0 Å². The smallest absolute Gasteiger partial charge is 0.172 e. The van der Waals surface area contributed by atoms with Crippen LogP contribution in [0.2, 0.25) is 5.02 Å². The van der Waals surface area contributed by atoms with E-state index in [4.69, 9.17) is 17.3 Å².